The van der Waals surface area contributed by atoms with Gasteiger partial charge < -0.3 is 0 Å². The first-order valence-corrected chi connectivity index (χ1v) is 7.94. The summed E-state index contributed by atoms with van der Waals surface area (Å²) in [5.74, 6) is 0. The molecule has 0 saturated carbocycles. The monoisotopic (exact) mass is 188 g/mol. The van der Waals surface area contributed by atoms with Gasteiger partial charge in [0.05, 0.1) is 26.0 Å². The third-order valence-corrected chi connectivity index (χ3v) is 7.85. The second kappa shape index (κ2) is 5.22. The molecular formula is C11H24P+. The van der Waals surface area contributed by atoms with Crippen molar-refractivity contribution in [3.05, 3.63) is 0 Å². The minimum Gasteiger partial charge on any atom is -0.0652 e. The lowest BCUT2D eigenvalue weighted by Crippen LogP contribution is -2.15. The fourth-order valence-electron chi connectivity index (χ4n) is 2.17. The lowest BCUT2D eigenvalue weighted by Gasteiger charge is -2.29. The van der Waals surface area contributed by atoms with Crippen LogP contribution in [-0.4, -0.2) is 24.6 Å². The van der Waals surface area contributed by atoms with Gasteiger partial charge in [0.2, 0.25) is 0 Å². The van der Waals surface area contributed by atoms with E-state index in [1.165, 1.54) is 44.2 Å². The maximum absolute atomic E-state index is 8.26. The molecule has 0 amide bonds. The first-order valence-electron chi connectivity index (χ1n) is 6.11. The van der Waals surface area contributed by atoms with Crippen molar-refractivity contribution in [2.75, 3.05) is 24.6 Å². The van der Waals surface area contributed by atoms with Gasteiger partial charge in [-0.1, -0.05) is 13.3 Å². The van der Waals surface area contributed by atoms with Gasteiger partial charge in [-0.25, -0.2) is 0 Å². The highest BCUT2D eigenvalue weighted by Crippen LogP contribution is 2.62. The molecule has 1 aliphatic heterocycles. The maximum atomic E-state index is 8.26. The van der Waals surface area contributed by atoms with Crippen molar-refractivity contribution < 1.29 is 1.37 Å². The van der Waals surface area contributed by atoms with E-state index in [4.69, 9.17) is 1.37 Å². The Morgan fingerprint density at radius 3 is 2.33 bits per heavy atom. The molecule has 0 nitrogen and oxygen atoms in total. The zero-order valence-electron chi connectivity index (χ0n) is 9.68. The van der Waals surface area contributed by atoms with Gasteiger partial charge in [-0.3, -0.25) is 0 Å². The Kier molecular flexibility index (Phi) is 3.92. The molecule has 0 radical (unpaired) electrons. The van der Waals surface area contributed by atoms with E-state index >= 15 is 0 Å². The molecule has 1 heteroatoms. The first-order chi connectivity index (χ1) is 6.25. The summed E-state index contributed by atoms with van der Waals surface area (Å²) in [6.07, 6.45) is 11.1. The second-order valence-electron chi connectivity index (χ2n) is 4.01. The van der Waals surface area contributed by atoms with E-state index in [-0.39, 0.29) is 0 Å². The molecule has 0 aliphatic carbocycles. The van der Waals surface area contributed by atoms with Crippen LogP contribution in [0.2, 0.25) is 0 Å². The summed E-state index contributed by atoms with van der Waals surface area (Å²) in [7, 11) is -0.812. The Morgan fingerprint density at radius 2 is 1.83 bits per heavy atom. The largest absolute Gasteiger partial charge is 0.0708 e. The molecule has 72 valence electrons. The minimum atomic E-state index is -0.812. The Morgan fingerprint density at radius 1 is 1.17 bits per heavy atom. The van der Waals surface area contributed by atoms with Crippen molar-refractivity contribution >= 4 is 7.26 Å². The number of hydrogen-bond donors (Lipinski definition) is 0. The highest BCUT2D eigenvalue weighted by atomic mass is 31.2. The summed E-state index contributed by atoms with van der Waals surface area (Å²) in [6, 6.07) is 0. The van der Waals surface area contributed by atoms with E-state index < -0.39 is 7.26 Å². The van der Waals surface area contributed by atoms with Gasteiger partial charge >= 0.3 is 0 Å². The van der Waals surface area contributed by atoms with E-state index in [0.29, 0.717) is 6.14 Å². The third-order valence-electron chi connectivity index (χ3n) is 3.14. The smallest absolute Gasteiger partial charge is 0.0652 e. The molecule has 1 unspecified atom stereocenters. The Labute approximate surface area is 79.9 Å². The fraction of sp³-hybridized carbons (Fsp3) is 1.00. The molecule has 0 aromatic carbocycles. The molecule has 0 spiro atoms. The molecule has 0 aromatic rings. The molecule has 0 N–H and O–H groups in total. The van der Waals surface area contributed by atoms with Gasteiger partial charge in [-0.2, -0.15) is 0 Å². The molecule has 1 heterocycles. The molecule has 1 rings (SSSR count). The molecule has 1 fully saturated rings. The highest BCUT2D eigenvalue weighted by Gasteiger charge is 2.35. The van der Waals surface area contributed by atoms with E-state index in [1.807, 2.05) is 0 Å². The lowest BCUT2D eigenvalue weighted by atomic mass is 10.3. The van der Waals surface area contributed by atoms with Crippen molar-refractivity contribution in [3.63, 3.8) is 0 Å². The van der Waals surface area contributed by atoms with Gasteiger partial charge in [0.25, 0.3) is 0 Å². The predicted molar refractivity (Wildman–Crippen MR) is 60.8 cm³/mol. The SMILES string of the molecule is [2H]C(CCC)[P+]1(CC)CCCCC1. The lowest BCUT2D eigenvalue weighted by molar-refractivity contribution is 0.735. The summed E-state index contributed by atoms with van der Waals surface area (Å²) in [5, 5.41) is 0. The average molecular weight is 188 g/mol. The minimum absolute atomic E-state index is 0.322. The number of rotatable bonds is 4. The normalized spacial score (nSPS) is 26.3. The molecule has 12 heavy (non-hydrogen) atoms. The van der Waals surface area contributed by atoms with Gasteiger partial charge in [-0.05, 0) is 32.6 Å². The van der Waals surface area contributed by atoms with Crippen LogP contribution < -0.4 is 0 Å². The Hall–Kier alpha value is 0.430. The van der Waals surface area contributed by atoms with E-state index in [2.05, 4.69) is 13.8 Å². The summed E-state index contributed by atoms with van der Waals surface area (Å²) < 4.78 is 8.26. The summed E-state index contributed by atoms with van der Waals surface area (Å²) in [6.45, 7) is 4.55. The Bertz CT molecular complexity index is 141. The van der Waals surface area contributed by atoms with Crippen LogP contribution in [0.4, 0.5) is 0 Å². The molecule has 0 aromatic heterocycles. The van der Waals surface area contributed by atoms with Crippen LogP contribution in [0, 0.1) is 0 Å². The molecule has 0 bridgehead atoms. The van der Waals surface area contributed by atoms with Gasteiger partial charge in [0.15, 0.2) is 0 Å². The zero-order chi connectivity index (χ0) is 9.73. The van der Waals surface area contributed by atoms with E-state index in [1.54, 1.807) is 0 Å². The molecule has 1 saturated heterocycles. The van der Waals surface area contributed by atoms with Crippen LogP contribution in [0.3, 0.4) is 0 Å². The van der Waals surface area contributed by atoms with Crippen LogP contribution in [-0.2, 0) is 0 Å². The molecule has 1 atom stereocenters. The van der Waals surface area contributed by atoms with Crippen molar-refractivity contribution in [1.29, 1.82) is 0 Å². The highest BCUT2D eigenvalue weighted by molar-refractivity contribution is 7.75. The van der Waals surface area contributed by atoms with Crippen molar-refractivity contribution in [2.24, 2.45) is 0 Å². The van der Waals surface area contributed by atoms with Crippen molar-refractivity contribution in [2.45, 2.75) is 46.0 Å². The standard InChI is InChI=1S/C11H24P/c1-3-5-9-12(4-2)10-7-6-8-11-12/h3-11H2,1-2H3/q+1/i9D. The zero-order valence-corrected chi connectivity index (χ0v) is 9.58. The molecular weight excluding hydrogens is 163 g/mol. The predicted octanol–water partition coefficient (Wildman–Crippen LogP) is 4.01. The van der Waals surface area contributed by atoms with Gasteiger partial charge in [0, 0.05) is 7.26 Å². The third kappa shape index (κ3) is 2.73. The van der Waals surface area contributed by atoms with Crippen LogP contribution in [0.25, 0.3) is 0 Å². The number of hydrogen-bond acceptors (Lipinski definition) is 0. The average Bonchev–Trinajstić information content (AvgIpc) is 2.19. The van der Waals surface area contributed by atoms with Crippen LogP contribution >= 0.6 is 7.26 Å². The van der Waals surface area contributed by atoms with Crippen molar-refractivity contribution in [3.8, 4) is 0 Å². The van der Waals surface area contributed by atoms with Gasteiger partial charge in [0.1, 0.15) is 0 Å². The van der Waals surface area contributed by atoms with Crippen LogP contribution in [0.15, 0.2) is 0 Å². The summed E-state index contributed by atoms with van der Waals surface area (Å²) >= 11 is 0. The first kappa shape index (κ1) is 9.00. The van der Waals surface area contributed by atoms with Crippen molar-refractivity contribution in [1.82, 2.24) is 0 Å². The topological polar surface area (TPSA) is 0 Å². The van der Waals surface area contributed by atoms with E-state index in [0.717, 1.165) is 6.42 Å². The van der Waals surface area contributed by atoms with Crippen LogP contribution in [0.1, 0.15) is 47.3 Å². The summed E-state index contributed by atoms with van der Waals surface area (Å²) in [4.78, 5) is 0. The fourth-order valence-corrected chi connectivity index (χ4v) is 6.16. The van der Waals surface area contributed by atoms with Gasteiger partial charge in [-0.15, -0.1) is 0 Å². The Balaban J connectivity index is 2.55. The van der Waals surface area contributed by atoms with Crippen LogP contribution in [0.5, 0.6) is 0 Å². The quantitative estimate of drug-likeness (QED) is 0.585. The molecule has 1 aliphatic rings. The maximum Gasteiger partial charge on any atom is 0.0708 e. The second-order valence-corrected chi connectivity index (χ2v) is 8.34. The van der Waals surface area contributed by atoms with E-state index in [9.17, 15) is 0 Å². The summed E-state index contributed by atoms with van der Waals surface area (Å²) in [5.41, 5.74) is 0.